The predicted octanol–water partition coefficient (Wildman–Crippen LogP) is 1.50. The number of nitrogens with one attached hydrogen (secondary N) is 1. The Balaban J connectivity index is 0.00000256. The molecule has 30 heavy (non-hydrogen) atoms. The largest absolute Gasteiger partial charge is 0.340 e. The molecule has 3 heterocycles. The quantitative estimate of drug-likeness (QED) is 0.782. The highest BCUT2D eigenvalue weighted by molar-refractivity contribution is 6.01. The zero-order valence-electron chi connectivity index (χ0n) is 17.7. The van der Waals surface area contributed by atoms with E-state index in [-0.39, 0.29) is 48.5 Å². The van der Waals surface area contributed by atoms with E-state index >= 15 is 0 Å². The molecule has 0 radical (unpaired) electrons. The number of carbonyl (C=O) groups is 3. The number of hydrogen-bond donors (Lipinski definition) is 1. The fourth-order valence-electron chi connectivity index (χ4n) is 4.81. The third-order valence-corrected chi connectivity index (χ3v) is 6.62. The number of piperazine rings is 1. The molecule has 8 heteroatoms. The lowest BCUT2D eigenvalue weighted by atomic mass is 10.00. The molecule has 7 nitrogen and oxygen atoms in total. The number of halogens is 1. The molecule has 3 aliphatic rings. The highest BCUT2D eigenvalue weighted by Gasteiger charge is 2.40. The van der Waals surface area contributed by atoms with Gasteiger partial charge in [-0.05, 0) is 43.9 Å². The summed E-state index contributed by atoms with van der Waals surface area (Å²) in [5, 5.41) is 3.10. The number of likely N-dealkylation sites (tertiary alicyclic amines) is 1. The molecule has 0 aliphatic carbocycles. The molecule has 3 aliphatic heterocycles. The molecule has 0 spiro atoms. The third-order valence-electron chi connectivity index (χ3n) is 6.62. The molecular formula is C22H31ClN4O3. The molecule has 1 N–H and O–H groups in total. The van der Waals surface area contributed by atoms with Crippen LogP contribution >= 0.6 is 12.4 Å². The summed E-state index contributed by atoms with van der Waals surface area (Å²) >= 11 is 0. The predicted molar refractivity (Wildman–Crippen MR) is 118 cm³/mol. The monoisotopic (exact) mass is 434 g/mol. The van der Waals surface area contributed by atoms with E-state index in [9.17, 15) is 14.4 Å². The van der Waals surface area contributed by atoms with Gasteiger partial charge in [-0.3, -0.25) is 14.4 Å². The van der Waals surface area contributed by atoms with E-state index in [2.05, 4.69) is 5.32 Å². The van der Waals surface area contributed by atoms with Gasteiger partial charge >= 0.3 is 0 Å². The molecular weight excluding hydrogens is 404 g/mol. The number of carbonyl (C=O) groups excluding carboxylic acids is 3. The summed E-state index contributed by atoms with van der Waals surface area (Å²) in [4.78, 5) is 43.7. The van der Waals surface area contributed by atoms with Crippen molar-refractivity contribution in [2.45, 2.75) is 39.2 Å². The van der Waals surface area contributed by atoms with E-state index < -0.39 is 0 Å². The Hall–Kier alpha value is -2.12. The minimum atomic E-state index is -0.306. The molecule has 3 fully saturated rings. The Labute approximate surface area is 184 Å². The van der Waals surface area contributed by atoms with Gasteiger partial charge in [-0.15, -0.1) is 12.4 Å². The van der Waals surface area contributed by atoms with Gasteiger partial charge in [0.15, 0.2) is 0 Å². The Morgan fingerprint density at radius 3 is 2.67 bits per heavy atom. The van der Waals surface area contributed by atoms with Gasteiger partial charge in [0.05, 0.1) is 12.5 Å². The summed E-state index contributed by atoms with van der Waals surface area (Å²) in [6, 6.07) is 6.04. The van der Waals surface area contributed by atoms with Crippen LogP contribution in [0.25, 0.3) is 0 Å². The third kappa shape index (κ3) is 4.32. The van der Waals surface area contributed by atoms with Gasteiger partial charge < -0.3 is 20.0 Å². The van der Waals surface area contributed by atoms with Crippen molar-refractivity contribution < 1.29 is 14.4 Å². The van der Waals surface area contributed by atoms with Crippen LogP contribution in [0.5, 0.6) is 0 Å². The topological polar surface area (TPSA) is 73.0 Å². The minimum absolute atomic E-state index is 0. The van der Waals surface area contributed by atoms with Crippen LogP contribution in [0.2, 0.25) is 0 Å². The molecule has 1 aromatic rings. The molecule has 4 rings (SSSR count). The first-order valence-electron chi connectivity index (χ1n) is 10.6. The lowest BCUT2D eigenvalue weighted by Crippen LogP contribution is -2.58. The summed E-state index contributed by atoms with van der Waals surface area (Å²) in [6.45, 7) is 7.68. The highest BCUT2D eigenvalue weighted by atomic mass is 35.5. The Kier molecular flexibility index (Phi) is 7.03. The fourth-order valence-corrected chi connectivity index (χ4v) is 4.81. The maximum atomic E-state index is 13.2. The normalized spacial score (nSPS) is 24.8. The summed E-state index contributed by atoms with van der Waals surface area (Å²) in [6.07, 6.45) is 2.10. The van der Waals surface area contributed by atoms with Crippen LogP contribution in [0.1, 0.15) is 30.4 Å². The van der Waals surface area contributed by atoms with Crippen molar-refractivity contribution in [2.24, 2.45) is 5.92 Å². The average Bonchev–Trinajstić information content (AvgIpc) is 3.11. The van der Waals surface area contributed by atoms with Crippen LogP contribution in [-0.4, -0.2) is 72.8 Å². The average molecular weight is 435 g/mol. The first-order chi connectivity index (χ1) is 14.0. The van der Waals surface area contributed by atoms with Gasteiger partial charge in [0.25, 0.3) is 0 Å². The highest BCUT2D eigenvalue weighted by Crippen LogP contribution is 2.31. The summed E-state index contributed by atoms with van der Waals surface area (Å²) in [5.74, 6) is -0.117. The number of piperidine rings is 1. The zero-order chi connectivity index (χ0) is 20.5. The lowest BCUT2D eigenvalue weighted by Gasteiger charge is -2.41. The molecule has 0 aromatic heterocycles. The maximum Gasteiger partial charge on any atom is 0.236 e. The standard InChI is InChI=1S/C22H30N4O3.ClH/c1-15-5-3-7-19(16(15)2)26-13-17(11-20(26)27)22(29)24-9-4-6-18(14-24)25-10-8-23-12-21(25)28;/h3,5,7,17-18,23H,4,6,8-14H2,1-2H3;1H. The first kappa shape index (κ1) is 22.6. The van der Waals surface area contributed by atoms with Gasteiger partial charge in [-0.1, -0.05) is 12.1 Å². The van der Waals surface area contributed by atoms with Crippen molar-refractivity contribution in [2.75, 3.05) is 44.2 Å². The minimum Gasteiger partial charge on any atom is -0.340 e. The Bertz CT molecular complexity index is 831. The van der Waals surface area contributed by atoms with Gasteiger partial charge in [0, 0.05) is 50.9 Å². The second-order valence-electron chi connectivity index (χ2n) is 8.47. The number of nitrogens with zero attached hydrogens (tertiary/aromatic N) is 3. The van der Waals surface area contributed by atoms with E-state index in [1.54, 1.807) is 4.90 Å². The summed E-state index contributed by atoms with van der Waals surface area (Å²) in [5.41, 5.74) is 3.14. The van der Waals surface area contributed by atoms with Gasteiger partial charge in [0.2, 0.25) is 17.7 Å². The Morgan fingerprint density at radius 1 is 1.10 bits per heavy atom. The molecule has 3 amide bonds. The Morgan fingerprint density at radius 2 is 1.90 bits per heavy atom. The molecule has 2 atom stereocenters. The SMILES string of the molecule is Cc1cccc(N2CC(C(=O)N3CCCC(N4CCNCC4=O)C3)CC2=O)c1C.Cl. The molecule has 1 aromatic carbocycles. The van der Waals surface area contributed by atoms with Crippen LogP contribution in [0.15, 0.2) is 18.2 Å². The van der Waals surface area contributed by atoms with Crippen molar-refractivity contribution in [1.29, 1.82) is 0 Å². The molecule has 0 saturated carbocycles. The van der Waals surface area contributed by atoms with Gasteiger partial charge in [0.1, 0.15) is 0 Å². The van der Waals surface area contributed by atoms with Gasteiger partial charge in [-0.25, -0.2) is 0 Å². The van der Waals surface area contributed by atoms with Crippen LogP contribution in [-0.2, 0) is 14.4 Å². The summed E-state index contributed by atoms with van der Waals surface area (Å²) < 4.78 is 0. The van der Waals surface area contributed by atoms with Gasteiger partial charge in [-0.2, -0.15) is 0 Å². The number of rotatable bonds is 3. The van der Waals surface area contributed by atoms with E-state index in [0.29, 0.717) is 32.7 Å². The second-order valence-corrected chi connectivity index (χ2v) is 8.47. The molecule has 2 unspecified atom stereocenters. The van der Waals surface area contributed by atoms with Crippen LogP contribution in [0, 0.1) is 19.8 Å². The maximum absolute atomic E-state index is 13.2. The first-order valence-corrected chi connectivity index (χ1v) is 10.6. The molecule has 0 bridgehead atoms. The summed E-state index contributed by atoms with van der Waals surface area (Å²) in [7, 11) is 0. The van der Waals surface area contributed by atoms with Crippen molar-refractivity contribution >= 4 is 35.8 Å². The van der Waals surface area contributed by atoms with E-state index in [4.69, 9.17) is 0 Å². The van der Waals surface area contributed by atoms with Crippen molar-refractivity contribution in [1.82, 2.24) is 15.1 Å². The van der Waals surface area contributed by atoms with Crippen LogP contribution in [0.4, 0.5) is 5.69 Å². The van der Waals surface area contributed by atoms with Crippen LogP contribution < -0.4 is 10.2 Å². The van der Waals surface area contributed by atoms with E-state index in [1.165, 1.54) is 0 Å². The number of benzene rings is 1. The van der Waals surface area contributed by atoms with Crippen LogP contribution in [0.3, 0.4) is 0 Å². The van der Waals surface area contributed by atoms with E-state index in [0.717, 1.165) is 36.2 Å². The van der Waals surface area contributed by atoms with E-state index in [1.807, 2.05) is 41.8 Å². The smallest absolute Gasteiger partial charge is 0.236 e. The zero-order valence-corrected chi connectivity index (χ0v) is 18.5. The van der Waals surface area contributed by atoms with Crippen molar-refractivity contribution in [3.63, 3.8) is 0 Å². The molecule has 3 saturated heterocycles. The number of amides is 3. The van der Waals surface area contributed by atoms with Crippen molar-refractivity contribution in [3.05, 3.63) is 29.3 Å². The molecule has 164 valence electrons. The van der Waals surface area contributed by atoms with Crippen molar-refractivity contribution in [3.8, 4) is 0 Å². The number of aryl methyl sites for hydroxylation is 1. The second kappa shape index (κ2) is 9.35. The number of anilines is 1. The lowest BCUT2D eigenvalue weighted by molar-refractivity contribution is -0.142. The number of hydrogen-bond acceptors (Lipinski definition) is 4. The fraction of sp³-hybridized carbons (Fsp3) is 0.591.